The van der Waals surface area contributed by atoms with E-state index in [2.05, 4.69) is 5.32 Å². The van der Waals surface area contributed by atoms with E-state index in [1.807, 2.05) is 0 Å². The van der Waals surface area contributed by atoms with Gasteiger partial charge in [0.1, 0.15) is 17.2 Å². The second kappa shape index (κ2) is 5.30. The van der Waals surface area contributed by atoms with Crippen LogP contribution in [-0.4, -0.2) is 18.2 Å². The summed E-state index contributed by atoms with van der Waals surface area (Å²) >= 11 is 1.22. The average Bonchev–Trinajstić information content (AvgIpc) is 2.15. The zero-order chi connectivity index (χ0) is 12.3. The molecule has 0 aliphatic carbocycles. The third kappa shape index (κ3) is 2.95. The molecule has 0 atom stereocenters. The van der Waals surface area contributed by atoms with Crippen LogP contribution in [0.15, 0.2) is 17.0 Å². The maximum atomic E-state index is 13.5. The summed E-state index contributed by atoms with van der Waals surface area (Å²) in [4.78, 5) is 12.0. The van der Waals surface area contributed by atoms with Crippen LogP contribution in [0.4, 0.5) is 8.78 Å². The number of thioether (sulfide) groups is 1. The molecule has 5 heteroatoms. The molecule has 1 N–H and O–H groups in total. The fraction of sp³-hybridized carbons (Fsp3) is 0.364. The van der Waals surface area contributed by atoms with Gasteiger partial charge >= 0.3 is 0 Å². The highest BCUT2D eigenvalue weighted by atomic mass is 32.2. The average molecular weight is 245 g/mol. The van der Waals surface area contributed by atoms with E-state index in [1.165, 1.54) is 11.8 Å². The van der Waals surface area contributed by atoms with Crippen LogP contribution in [0.3, 0.4) is 0 Å². The van der Waals surface area contributed by atoms with Gasteiger partial charge in [-0.1, -0.05) is 0 Å². The standard InChI is InChI=1S/C11H13F2NOS/c1-6(2)14-11(15)10-8(12)4-7(16-3)5-9(10)13/h4-6H,1-3H3,(H,14,15). The fourth-order valence-electron chi connectivity index (χ4n) is 1.22. The minimum absolute atomic E-state index is 0.161. The molecule has 1 rings (SSSR count). The Bertz CT molecular complexity index is 384. The Labute approximate surface area is 97.4 Å². The Balaban J connectivity index is 3.09. The van der Waals surface area contributed by atoms with E-state index in [1.54, 1.807) is 20.1 Å². The first-order valence-electron chi connectivity index (χ1n) is 4.79. The van der Waals surface area contributed by atoms with Crippen molar-refractivity contribution in [1.82, 2.24) is 5.32 Å². The van der Waals surface area contributed by atoms with Crippen LogP contribution in [0, 0.1) is 11.6 Å². The van der Waals surface area contributed by atoms with Crippen LogP contribution in [0.25, 0.3) is 0 Å². The van der Waals surface area contributed by atoms with Crippen LogP contribution in [-0.2, 0) is 0 Å². The van der Waals surface area contributed by atoms with Crippen molar-refractivity contribution in [2.45, 2.75) is 24.8 Å². The lowest BCUT2D eigenvalue weighted by Crippen LogP contribution is -2.31. The number of halogens is 2. The van der Waals surface area contributed by atoms with Crippen molar-refractivity contribution in [3.8, 4) is 0 Å². The van der Waals surface area contributed by atoms with Gasteiger partial charge in [0.15, 0.2) is 0 Å². The minimum Gasteiger partial charge on any atom is -0.350 e. The second-order valence-electron chi connectivity index (χ2n) is 3.59. The molecule has 1 amide bonds. The van der Waals surface area contributed by atoms with Gasteiger partial charge in [0, 0.05) is 10.9 Å². The lowest BCUT2D eigenvalue weighted by molar-refractivity contribution is 0.0934. The summed E-state index contributed by atoms with van der Waals surface area (Å²) in [6.45, 7) is 3.45. The smallest absolute Gasteiger partial charge is 0.257 e. The van der Waals surface area contributed by atoms with Gasteiger partial charge < -0.3 is 5.32 Å². The molecule has 0 fully saturated rings. The summed E-state index contributed by atoms with van der Waals surface area (Å²) in [5.41, 5.74) is -0.522. The first-order chi connectivity index (χ1) is 7.45. The summed E-state index contributed by atoms with van der Waals surface area (Å²) in [6, 6.07) is 2.15. The van der Waals surface area contributed by atoms with E-state index in [-0.39, 0.29) is 6.04 Å². The van der Waals surface area contributed by atoms with E-state index in [4.69, 9.17) is 0 Å². The Morgan fingerprint density at radius 3 is 2.19 bits per heavy atom. The maximum Gasteiger partial charge on any atom is 0.257 e. The quantitative estimate of drug-likeness (QED) is 0.830. The normalized spacial score (nSPS) is 10.6. The SMILES string of the molecule is CSc1cc(F)c(C(=O)NC(C)C)c(F)c1. The Kier molecular flexibility index (Phi) is 4.29. The summed E-state index contributed by atoms with van der Waals surface area (Å²) in [7, 11) is 0. The summed E-state index contributed by atoms with van der Waals surface area (Å²) in [5, 5.41) is 2.45. The molecule has 0 spiro atoms. The number of nitrogens with one attached hydrogen (secondary N) is 1. The van der Waals surface area contributed by atoms with Gasteiger partial charge in [-0.15, -0.1) is 11.8 Å². The Morgan fingerprint density at radius 2 is 1.81 bits per heavy atom. The van der Waals surface area contributed by atoms with Crippen molar-refractivity contribution in [3.05, 3.63) is 29.3 Å². The van der Waals surface area contributed by atoms with Gasteiger partial charge in [-0.25, -0.2) is 8.78 Å². The maximum absolute atomic E-state index is 13.5. The predicted molar refractivity (Wildman–Crippen MR) is 60.7 cm³/mol. The van der Waals surface area contributed by atoms with E-state index >= 15 is 0 Å². The molecule has 0 aliphatic rings. The molecule has 0 radical (unpaired) electrons. The number of amides is 1. The van der Waals surface area contributed by atoms with Gasteiger partial charge in [-0.3, -0.25) is 4.79 Å². The van der Waals surface area contributed by atoms with Crippen LogP contribution in [0.1, 0.15) is 24.2 Å². The number of carbonyl (C=O) groups is 1. The highest BCUT2D eigenvalue weighted by Gasteiger charge is 2.18. The largest absolute Gasteiger partial charge is 0.350 e. The van der Waals surface area contributed by atoms with Crippen LogP contribution >= 0.6 is 11.8 Å². The zero-order valence-corrected chi connectivity index (χ0v) is 10.1. The third-order valence-corrected chi connectivity index (χ3v) is 2.61. The summed E-state index contributed by atoms with van der Waals surface area (Å²) in [5.74, 6) is -2.39. The first kappa shape index (κ1) is 13.0. The molecule has 16 heavy (non-hydrogen) atoms. The lowest BCUT2D eigenvalue weighted by atomic mass is 10.1. The highest BCUT2D eigenvalue weighted by Crippen LogP contribution is 2.21. The number of hydrogen-bond acceptors (Lipinski definition) is 2. The van der Waals surface area contributed by atoms with Crippen molar-refractivity contribution in [3.63, 3.8) is 0 Å². The molecule has 0 saturated heterocycles. The van der Waals surface area contributed by atoms with Gasteiger partial charge in [0.25, 0.3) is 5.91 Å². The van der Waals surface area contributed by atoms with Crippen molar-refractivity contribution >= 4 is 17.7 Å². The van der Waals surface area contributed by atoms with Gasteiger partial charge in [0.2, 0.25) is 0 Å². The first-order valence-corrected chi connectivity index (χ1v) is 6.02. The molecule has 0 saturated carbocycles. The zero-order valence-electron chi connectivity index (χ0n) is 9.30. The summed E-state index contributed by atoms with van der Waals surface area (Å²) < 4.78 is 27.0. The second-order valence-corrected chi connectivity index (χ2v) is 4.47. The van der Waals surface area contributed by atoms with E-state index in [0.717, 1.165) is 12.1 Å². The summed E-state index contributed by atoms with van der Waals surface area (Å²) in [6.07, 6.45) is 1.71. The van der Waals surface area contributed by atoms with Gasteiger partial charge in [-0.05, 0) is 32.2 Å². The molecule has 0 bridgehead atoms. The molecular weight excluding hydrogens is 232 g/mol. The molecule has 88 valence electrons. The topological polar surface area (TPSA) is 29.1 Å². The Hall–Kier alpha value is -1.10. The molecule has 0 aliphatic heterocycles. The van der Waals surface area contributed by atoms with Crippen molar-refractivity contribution in [2.75, 3.05) is 6.26 Å². The monoisotopic (exact) mass is 245 g/mol. The lowest BCUT2D eigenvalue weighted by Gasteiger charge is -2.10. The molecule has 1 aromatic carbocycles. The van der Waals surface area contributed by atoms with E-state index < -0.39 is 23.1 Å². The third-order valence-electron chi connectivity index (χ3n) is 1.90. The molecule has 1 aromatic rings. The fourth-order valence-corrected chi connectivity index (χ4v) is 1.66. The van der Waals surface area contributed by atoms with Crippen molar-refractivity contribution < 1.29 is 13.6 Å². The van der Waals surface area contributed by atoms with E-state index in [0.29, 0.717) is 4.90 Å². The molecule has 0 aromatic heterocycles. The number of hydrogen-bond donors (Lipinski definition) is 1. The highest BCUT2D eigenvalue weighted by molar-refractivity contribution is 7.98. The Morgan fingerprint density at radius 1 is 1.31 bits per heavy atom. The van der Waals surface area contributed by atoms with Crippen molar-refractivity contribution in [2.24, 2.45) is 0 Å². The molecule has 0 heterocycles. The number of carbonyl (C=O) groups excluding carboxylic acids is 1. The van der Waals surface area contributed by atoms with Crippen LogP contribution in [0.5, 0.6) is 0 Å². The minimum atomic E-state index is -0.831. The van der Waals surface area contributed by atoms with Gasteiger partial charge in [-0.2, -0.15) is 0 Å². The molecule has 0 unspecified atom stereocenters. The van der Waals surface area contributed by atoms with Gasteiger partial charge in [0.05, 0.1) is 0 Å². The van der Waals surface area contributed by atoms with E-state index in [9.17, 15) is 13.6 Å². The van der Waals surface area contributed by atoms with Crippen LogP contribution in [0.2, 0.25) is 0 Å². The number of rotatable bonds is 3. The van der Waals surface area contributed by atoms with Crippen LogP contribution < -0.4 is 5.32 Å². The molecule has 2 nitrogen and oxygen atoms in total. The predicted octanol–water partition coefficient (Wildman–Crippen LogP) is 2.82. The van der Waals surface area contributed by atoms with Crippen molar-refractivity contribution in [1.29, 1.82) is 0 Å². The number of benzene rings is 1. The molecular formula is C11H13F2NOS.